The van der Waals surface area contributed by atoms with Gasteiger partial charge in [0, 0.05) is 25.7 Å². The van der Waals surface area contributed by atoms with Crippen LogP contribution in [0.2, 0.25) is 0 Å². The molecule has 0 aromatic carbocycles. The van der Waals surface area contributed by atoms with Gasteiger partial charge in [0.1, 0.15) is 19.3 Å². The second-order valence-corrected chi connectivity index (χ2v) is 32.8. The Labute approximate surface area is 626 Å². The molecule has 19 heteroatoms. The maximum atomic E-state index is 13.1. The molecule has 0 aliphatic rings. The van der Waals surface area contributed by atoms with Crippen LogP contribution < -0.4 is 0 Å². The maximum Gasteiger partial charge on any atom is 0.472 e. The van der Waals surface area contributed by atoms with Gasteiger partial charge in [0.2, 0.25) is 0 Å². The summed E-state index contributed by atoms with van der Waals surface area (Å²) in [5.74, 6) is -2.11. The molecule has 102 heavy (non-hydrogen) atoms. The van der Waals surface area contributed by atoms with E-state index in [1.54, 1.807) is 0 Å². The highest BCUT2D eigenvalue weighted by Gasteiger charge is 2.30. The molecular weight excluding hydrogens is 1330 g/mol. The van der Waals surface area contributed by atoms with Crippen molar-refractivity contribution in [2.45, 2.75) is 470 Å². The minimum atomic E-state index is -4.96. The minimum absolute atomic E-state index is 0.107. The van der Waals surface area contributed by atoms with Crippen molar-refractivity contribution in [1.29, 1.82) is 0 Å². The topological polar surface area (TPSA) is 237 Å². The summed E-state index contributed by atoms with van der Waals surface area (Å²) in [5, 5.41) is 10.6. The lowest BCUT2D eigenvalue weighted by molar-refractivity contribution is -0.161. The van der Waals surface area contributed by atoms with Gasteiger partial charge >= 0.3 is 39.5 Å². The summed E-state index contributed by atoms with van der Waals surface area (Å²) in [6, 6.07) is 0. The van der Waals surface area contributed by atoms with Crippen molar-refractivity contribution in [1.82, 2.24) is 0 Å². The molecule has 17 nitrogen and oxygen atoms in total. The SMILES string of the molecule is CCCCCCCCCCCCCCCCCCCCCCCCC(=O)O[C@H](COC(=O)CCCCCCCCCCCCCCCCCCCCCC)COP(=O)(O)OC[C@@H](O)COP(=O)(O)OC[C@@H](COC(=O)CCCCCCCCCCCC)OC(=O)CCCCCCCCCCCC. The van der Waals surface area contributed by atoms with Gasteiger partial charge in [-0.2, -0.15) is 0 Å². The molecule has 0 aliphatic carbocycles. The van der Waals surface area contributed by atoms with Crippen molar-refractivity contribution in [3.63, 3.8) is 0 Å². The molecule has 0 aromatic heterocycles. The van der Waals surface area contributed by atoms with Gasteiger partial charge in [-0.15, -0.1) is 0 Å². The summed E-state index contributed by atoms with van der Waals surface area (Å²) in [4.78, 5) is 73.0. The van der Waals surface area contributed by atoms with Crippen LogP contribution in [-0.2, 0) is 65.4 Å². The Kier molecular flexibility index (Phi) is 75.8. The molecular formula is C83H162O17P2. The Morgan fingerprint density at radius 1 is 0.235 bits per heavy atom. The Morgan fingerprint density at radius 2 is 0.392 bits per heavy atom. The Balaban J connectivity index is 5.16. The van der Waals surface area contributed by atoms with E-state index < -0.39 is 97.5 Å². The summed E-state index contributed by atoms with van der Waals surface area (Å²) >= 11 is 0. The fourth-order valence-electron chi connectivity index (χ4n) is 13.0. The van der Waals surface area contributed by atoms with E-state index in [0.29, 0.717) is 25.7 Å². The van der Waals surface area contributed by atoms with Crippen LogP contribution in [0.1, 0.15) is 451 Å². The highest BCUT2D eigenvalue weighted by atomic mass is 31.2. The van der Waals surface area contributed by atoms with E-state index in [1.165, 1.54) is 283 Å². The number of phosphoric ester groups is 2. The zero-order valence-electron chi connectivity index (χ0n) is 66.6. The van der Waals surface area contributed by atoms with Crippen molar-refractivity contribution in [3.05, 3.63) is 0 Å². The molecule has 0 radical (unpaired) electrons. The number of ether oxygens (including phenoxy) is 4. The van der Waals surface area contributed by atoms with Crippen LogP contribution >= 0.6 is 15.6 Å². The number of aliphatic hydroxyl groups is 1. The predicted molar refractivity (Wildman–Crippen MR) is 419 cm³/mol. The van der Waals surface area contributed by atoms with Crippen LogP contribution in [0.15, 0.2) is 0 Å². The summed E-state index contributed by atoms with van der Waals surface area (Å²) in [7, 11) is -9.91. The maximum absolute atomic E-state index is 13.1. The van der Waals surface area contributed by atoms with Crippen molar-refractivity contribution in [2.75, 3.05) is 39.6 Å². The minimum Gasteiger partial charge on any atom is -0.462 e. The second kappa shape index (κ2) is 77.2. The van der Waals surface area contributed by atoms with Crippen LogP contribution in [0.25, 0.3) is 0 Å². The number of carbonyl (C=O) groups is 4. The molecule has 0 rings (SSSR count). The summed E-state index contributed by atoms with van der Waals surface area (Å²) in [6.45, 7) is 5.01. The average Bonchev–Trinajstić information content (AvgIpc) is 0.920. The number of unbranched alkanes of at least 4 members (excludes halogenated alkanes) is 58. The van der Waals surface area contributed by atoms with Crippen molar-refractivity contribution in [3.8, 4) is 0 Å². The van der Waals surface area contributed by atoms with Crippen LogP contribution in [-0.4, -0.2) is 96.7 Å². The van der Waals surface area contributed by atoms with E-state index in [-0.39, 0.29) is 25.7 Å². The first-order valence-electron chi connectivity index (χ1n) is 43.3. The predicted octanol–water partition coefficient (Wildman–Crippen LogP) is 25.4. The molecule has 5 atom stereocenters. The van der Waals surface area contributed by atoms with Gasteiger partial charge in [-0.3, -0.25) is 37.3 Å². The van der Waals surface area contributed by atoms with Gasteiger partial charge in [-0.1, -0.05) is 400 Å². The van der Waals surface area contributed by atoms with E-state index in [4.69, 9.17) is 37.0 Å². The highest BCUT2D eigenvalue weighted by molar-refractivity contribution is 7.47. The monoisotopic (exact) mass is 1490 g/mol. The zero-order valence-corrected chi connectivity index (χ0v) is 68.4. The van der Waals surface area contributed by atoms with Crippen LogP contribution in [0, 0.1) is 0 Å². The quantitative estimate of drug-likeness (QED) is 0.0222. The third-order valence-electron chi connectivity index (χ3n) is 19.6. The number of hydrogen-bond acceptors (Lipinski definition) is 15. The zero-order chi connectivity index (χ0) is 74.6. The van der Waals surface area contributed by atoms with E-state index in [0.717, 1.165) is 89.9 Å². The smallest absolute Gasteiger partial charge is 0.462 e. The van der Waals surface area contributed by atoms with E-state index in [9.17, 15) is 43.2 Å². The molecule has 0 spiro atoms. The highest BCUT2D eigenvalue weighted by Crippen LogP contribution is 2.45. The van der Waals surface area contributed by atoms with Gasteiger partial charge in [0.15, 0.2) is 12.2 Å². The molecule has 0 aliphatic heterocycles. The van der Waals surface area contributed by atoms with Gasteiger partial charge in [-0.05, 0) is 25.7 Å². The number of esters is 4. The molecule has 0 aromatic rings. The normalized spacial score (nSPS) is 13.8. The van der Waals surface area contributed by atoms with Crippen molar-refractivity contribution in [2.24, 2.45) is 0 Å². The van der Waals surface area contributed by atoms with Crippen LogP contribution in [0.3, 0.4) is 0 Å². The summed E-state index contributed by atoms with van der Waals surface area (Å²) in [6.07, 6.45) is 71.0. The Hall–Kier alpha value is -1.94. The van der Waals surface area contributed by atoms with Crippen molar-refractivity contribution >= 4 is 39.5 Å². The fraction of sp³-hybridized carbons (Fsp3) is 0.952. The van der Waals surface area contributed by atoms with Crippen LogP contribution in [0.4, 0.5) is 0 Å². The van der Waals surface area contributed by atoms with Gasteiger partial charge in [-0.25, -0.2) is 9.13 Å². The molecule has 3 N–H and O–H groups in total. The first-order valence-corrected chi connectivity index (χ1v) is 46.3. The number of carbonyl (C=O) groups excluding carboxylic acids is 4. The number of rotatable bonds is 84. The largest absolute Gasteiger partial charge is 0.472 e. The first-order chi connectivity index (χ1) is 49.7. The molecule has 0 saturated heterocycles. The van der Waals surface area contributed by atoms with E-state index in [1.807, 2.05) is 0 Å². The van der Waals surface area contributed by atoms with Crippen LogP contribution in [0.5, 0.6) is 0 Å². The Morgan fingerprint density at radius 3 is 0.578 bits per heavy atom. The van der Waals surface area contributed by atoms with Gasteiger partial charge < -0.3 is 33.8 Å². The summed E-state index contributed by atoms with van der Waals surface area (Å²) < 4.78 is 68.7. The molecule has 0 amide bonds. The molecule has 0 fully saturated rings. The molecule has 0 saturated carbocycles. The lowest BCUT2D eigenvalue weighted by Crippen LogP contribution is -2.30. The third kappa shape index (κ3) is 76.3. The van der Waals surface area contributed by atoms with Crippen molar-refractivity contribution < 1.29 is 80.2 Å². The summed E-state index contributed by atoms with van der Waals surface area (Å²) in [5.41, 5.74) is 0. The van der Waals surface area contributed by atoms with E-state index in [2.05, 4.69) is 27.7 Å². The van der Waals surface area contributed by atoms with Gasteiger partial charge in [0.05, 0.1) is 26.4 Å². The molecule has 606 valence electrons. The fourth-order valence-corrected chi connectivity index (χ4v) is 14.6. The lowest BCUT2D eigenvalue weighted by atomic mass is 10.0. The number of aliphatic hydroxyl groups excluding tert-OH is 1. The number of hydrogen-bond donors (Lipinski definition) is 3. The van der Waals surface area contributed by atoms with E-state index >= 15 is 0 Å². The molecule has 2 unspecified atom stereocenters. The molecule has 0 bridgehead atoms. The Bertz CT molecular complexity index is 1930. The lowest BCUT2D eigenvalue weighted by Gasteiger charge is -2.21. The first kappa shape index (κ1) is 100. The average molecular weight is 1490 g/mol. The molecule has 0 heterocycles. The number of phosphoric acid groups is 2. The standard InChI is InChI=1S/C83H162O17P2/c1-5-9-13-17-21-25-29-31-33-35-37-39-40-42-44-46-48-50-54-58-62-66-70-83(88)100-79(74-94-81(86)68-64-60-56-53-49-47-45-43-41-38-36-34-32-30-26-22-18-14-10-6-2)76-98-102(91,92)96-72-77(84)71-95-101(89,90)97-75-78(99-82(87)69-65-61-57-52-28-24-20-16-12-8-4)73-93-80(85)67-63-59-55-51-27-23-19-15-11-7-3/h77-79,84H,5-76H2,1-4H3,(H,89,90)(H,91,92)/t77-,78+,79+/m0/s1. The third-order valence-corrected chi connectivity index (χ3v) is 21.5. The van der Waals surface area contributed by atoms with Gasteiger partial charge in [0.25, 0.3) is 0 Å². The second-order valence-electron chi connectivity index (χ2n) is 29.9.